The summed E-state index contributed by atoms with van der Waals surface area (Å²) in [7, 11) is 0. The number of rotatable bonds is 2. The van der Waals surface area contributed by atoms with Crippen LogP contribution >= 0.6 is 0 Å². The van der Waals surface area contributed by atoms with Gasteiger partial charge in [0.25, 0.3) is 0 Å². The summed E-state index contributed by atoms with van der Waals surface area (Å²) in [4.78, 5) is 7.02. The van der Waals surface area contributed by atoms with Crippen molar-refractivity contribution in [2.24, 2.45) is 5.92 Å². The van der Waals surface area contributed by atoms with Gasteiger partial charge in [0.15, 0.2) is 0 Å². The minimum Gasteiger partial charge on any atom is -0.506 e. The summed E-state index contributed by atoms with van der Waals surface area (Å²) in [6.45, 7) is 3.97. The van der Waals surface area contributed by atoms with Gasteiger partial charge in [-0.2, -0.15) is 0 Å². The Morgan fingerprint density at radius 1 is 1.28 bits per heavy atom. The Kier molecular flexibility index (Phi) is 3.25. The van der Waals surface area contributed by atoms with Crippen LogP contribution in [-0.4, -0.2) is 27.6 Å². The first-order chi connectivity index (χ1) is 8.74. The van der Waals surface area contributed by atoms with Gasteiger partial charge in [-0.1, -0.05) is 12.8 Å². The summed E-state index contributed by atoms with van der Waals surface area (Å²) in [5.41, 5.74) is 1.84. The van der Waals surface area contributed by atoms with Crippen LogP contribution in [0.3, 0.4) is 0 Å². The van der Waals surface area contributed by atoms with Crippen LogP contribution in [0.15, 0.2) is 12.1 Å². The highest BCUT2D eigenvalue weighted by molar-refractivity contribution is 5.27. The van der Waals surface area contributed by atoms with E-state index in [0.29, 0.717) is 5.75 Å². The van der Waals surface area contributed by atoms with Crippen molar-refractivity contribution in [3.63, 3.8) is 0 Å². The molecule has 2 unspecified atom stereocenters. The average Bonchev–Trinajstić information content (AvgIpc) is 2.78. The molecule has 1 saturated carbocycles. The van der Waals surface area contributed by atoms with Crippen LogP contribution in [-0.2, 0) is 6.54 Å². The molecule has 2 heterocycles. The van der Waals surface area contributed by atoms with E-state index in [1.54, 1.807) is 6.07 Å². The van der Waals surface area contributed by atoms with Crippen LogP contribution in [0.1, 0.15) is 43.5 Å². The topological polar surface area (TPSA) is 36.4 Å². The summed E-state index contributed by atoms with van der Waals surface area (Å²) in [6.07, 6.45) is 6.83. The maximum absolute atomic E-state index is 9.90. The summed E-state index contributed by atoms with van der Waals surface area (Å²) in [5.74, 6) is 1.24. The fourth-order valence-corrected chi connectivity index (χ4v) is 3.61. The summed E-state index contributed by atoms with van der Waals surface area (Å²) < 4.78 is 0. The molecule has 0 aromatic carbocycles. The van der Waals surface area contributed by atoms with Crippen molar-refractivity contribution in [3.8, 4) is 5.75 Å². The SMILES string of the molecule is Cc1ccc(O)c(CN2CCC3CCCCC32)n1. The highest BCUT2D eigenvalue weighted by Gasteiger charge is 2.35. The lowest BCUT2D eigenvalue weighted by atomic mass is 9.85. The first-order valence-corrected chi connectivity index (χ1v) is 7.13. The molecule has 2 atom stereocenters. The standard InChI is InChI=1S/C15H22N2O/c1-11-6-7-15(18)13(16-11)10-17-9-8-12-4-2-3-5-14(12)17/h6-7,12,14,18H,2-5,8-10H2,1H3. The zero-order chi connectivity index (χ0) is 12.5. The van der Waals surface area contributed by atoms with Crippen LogP contribution in [0.25, 0.3) is 0 Å². The second kappa shape index (κ2) is 4.88. The number of fused-ring (bicyclic) bond motifs is 1. The Labute approximate surface area is 109 Å². The van der Waals surface area contributed by atoms with E-state index in [2.05, 4.69) is 9.88 Å². The summed E-state index contributed by atoms with van der Waals surface area (Å²) >= 11 is 0. The van der Waals surface area contributed by atoms with E-state index < -0.39 is 0 Å². The van der Waals surface area contributed by atoms with Crippen LogP contribution in [0.5, 0.6) is 5.75 Å². The molecular formula is C15H22N2O. The average molecular weight is 246 g/mol. The maximum Gasteiger partial charge on any atom is 0.138 e. The molecule has 0 bridgehead atoms. The van der Waals surface area contributed by atoms with Crippen LogP contribution in [0, 0.1) is 12.8 Å². The van der Waals surface area contributed by atoms with Crippen LogP contribution in [0.4, 0.5) is 0 Å². The molecule has 3 rings (SSSR count). The van der Waals surface area contributed by atoms with E-state index in [4.69, 9.17) is 0 Å². The molecule has 0 spiro atoms. The van der Waals surface area contributed by atoms with Gasteiger partial charge in [0, 0.05) is 18.3 Å². The molecule has 1 aromatic rings. The Balaban J connectivity index is 1.74. The molecule has 1 N–H and O–H groups in total. The predicted molar refractivity (Wildman–Crippen MR) is 71.4 cm³/mol. The molecular weight excluding hydrogens is 224 g/mol. The van der Waals surface area contributed by atoms with Crippen molar-refractivity contribution in [2.75, 3.05) is 6.54 Å². The molecule has 18 heavy (non-hydrogen) atoms. The van der Waals surface area contributed by atoms with E-state index >= 15 is 0 Å². The lowest BCUT2D eigenvalue weighted by molar-refractivity contribution is 0.172. The fourth-order valence-electron chi connectivity index (χ4n) is 3.61. The van der Waals surface area contributed by atoms with Gasteiger partial charge >= 0.3 is 0 Å². The molecule has 1 aromatic heterocycles. The first-order valence-electron chi connectivity index (χ1n) is 7.13. The van der Waals surface area contributed by atoms with E-state index in [1.807, 2.05) is 13.0 Å². The van der Waals surface area contributed by atoms with Gasteiger partial charge in [0.1, 0.15) is 5.75 Å². The van der Waals surface area contributed by atoms with Crippen molar-refractivity contribution in [2.45, 2.75) is 51.6 Å². The Hall–Kier alpha value is -1.09. The largest absolute Gasteiger partial charge is 0.506 e. The third-order valence-corrected chi connectivity index (χ3v) is 4.57. The van der Waals surface area contributed by atoms with E-state index in [9.17, 15) is 5.11 Å². The quantitative estimate of drug-likeness (QED) is 0.871. The van der Waals surface area contributed by atoms with Crippen molar-refractivity contribution in [1.82, 2.24) is 9.88 Å². The molecule has 2 aliphatic rings. The van der Waals surface area contributed by atoms with Crippen molar-refractivity contribution < 1.29 is 5.11 Å². The van der Waals surface area contributed by atoms with Gasteiger partial charge in [0.2, 0.25) is 0 Å². The molecule has 1 aliphatic carbocycles. The molecule has 3 nitrogen and oxygen atoms in total. The number of nitrogens with zero attached hydrogens (tertiary/aromatic N) is 2. The molecule has 1 aliphatic heterocycles. The minimum atomic E-state index is 0.347. The number of aryl methyl sites for hydroxylation is 1. The van der Waals surface area contributed by atoms with E-state index in [0.717, 1.165) is 29.9 Å². The van der Waals surface area contributed by atoms with Gasteiger partial charge in [-0.05, 0) is 50.8 Å². The molecule has 2 fully saturated rings. The van der Waals surface area contributed by atoms with Gasteiger partial charge in [0.05, 0.1) is 5.69 Å². The Morgan fingerprint density at radius 2 is 2.11 bits per heavy atom. The van der Waals surface area contributed by atoms with Crippen molar-refractivity contribution in [1.29, 1.82) is 0 Å². The molecule has 3 heteroatoms. The Bertz CT molecular complexity index is 433. The van der Waals surface area contributed by atoms with Crippen LogP contribution in [0.2, 0.25) is 0 Å². The molecule has 98 valence electrons. The van der Waals surface area contributed by atoms with Gasteiger partial charge in [-0.25, -0.2) is 0 Å². The normalized spacial score (nSPS) is 28.3. The smallest absolute Gasteiger partial charge is 0.138 e. The van der Waals surface area contributed by atoms with Crippen molar-refractivity contribution >= 4 is 0 Å². The monoisotopic (exact) mass is 246 g/mol. The number of hydrogen-bond acceptors (Lipinski definition) is 3. The lowest BCUT2D eigenvalue weighted by Gasteiger charge is -2.31. The maximum atomic E-state index is 9.90. The van der Waals surface area contributed by atoms with Crippen LogP contribution < -0.4 is 0 Å². The zero-order valence-electron chi connectivity index (χ0n) is 11.1. The number of likely N-dealkylation sites (tertiary alicyclic amines) is 1. The third-order valence-electron chi connectivity index (χ3n) is 4.57. The second-order valence-electron chi connectivity index (χ2n) is 5.79. The number of aromatic nitrogens is 1. The lowest BCUT2D eigenvalue weighted by Crippen LogP contribution is -2.34. The second-order valence-corrected chi connectivity index (χ2v) is 5.79. The summed E-state index contributed by atoms with van der Waals surface area (Å²) in [6, 6.07) is 4.37. The zero-order valence-corrected chi connectivity index (χ0v) is 11.1. The highest BCUT2D eigenvalue weighted by atomic mass is 16.3. The summed E-state index contributed by atoms with van der Waals surface area (Å²) in [5, 5.41) is 9.90. The van der Waals surface area contributed by atoms with Gasteiger partial charge in [-0.15, -0.1) is 0 Å². The van der Waals surface area contributed by atoms with Gasteiger partial charge < -0.3 is 5.11 Å². The molecule has 0 amide bonds. The van der Waals surface area contributed by atoms with E-state index in [-0.39, 0.29) is 0 Å². The first kappa shape index (κ1) is 12.0. The van der Waals surface area contributed by atoms with Crippen molar-refractivity contribution in [3.05, 3.63) is 23.5 Å². The predicted octanol–water partition coefficient (Wildman–Crippen LogP) is 2.86. The molecule has 0 radical (unpaired) electrons. The Morgan fingerprint density at radius 3 is 3.00 bits per heavy atom. The number of aromatic hydroxyl groups is 1. The third kappa shape index (κ3) is 2.24. The minimum absolute atomic E-state index is 0.347. The highest BCUT2D eigenvalue weighted by Crippen LogP contribution is 2.37. The van der Waals surface area contributed by atoms with E-state index in [1.165, 1.54) is 38.6 Å². The fraction of sp³-hybridized carbons (Fsp3) is 0.667. The number of hydrogen-bond donors (Lipinski definition) is 1. The van der Waals surface area contributed by atoms with Gasteiger partial charge in [-0.3, -0.25) is 9.88 Å². The number of pyridine rings is 1. The molecule has 1 saturated heterocycles.